The molecule has 1 saturated heterocycles. The third kappa shape index (κ3) is 3.33. The molecule has 0 aromatic heterocycles. The predicted octanol–water partition coefficient (Wildman–Crippen LogP) is 3.11. The third-order valence-corrected chi connectivity index (χ3v) is 4.06. The maximum Gasteiger partial charge on any atom is 0.0871 e. The van der Waals surface area contributed by atoms with Crippen LogP contribution in [0.3, 0.4) is 0 Å². The smallest absolute Gasteiger partial charge is 0.0871 e. The number of benzene rings is 1. The lowest BCUT2D eigenvalue weighted by atomic mass is 9.89. The number of nitrogens with one attached hydrogen (secondary N) is 1. The van der Waals surface area contributed by atoms with Gasteiger partial charge in [0.2, 0.25) is 0 Å². The molecule has 1 aromatic rings. The van der Waals surface area contributed by atoms with E-state index in [0.717, 1.165) is 12.5 Å². The van der Waals surface area contributed by atoms with Gasteiger partial charge in [0.1, 0.15) is 0 Å². The SMILES string of the molecule is COC(C)(C)c1cccc(CC2CCCNC2)c1. The average Bonchev–Trinajstić information content (AvgIpc) is 2.40. The Hall–Kier alpha value is -0.860. The molecule has 18 heavy (non-hydrogen) atoms. The van der Waals surface area contributed by atoms with Gasteiger partial charge in [-0.25, -0.2) is 0 Å². The summed E-state index contributed by atoms with van der Waals surface area (Å²) in [6.45, 7) is 6.59. The summed E-state index contributed by atoms with van der Waals surface area (Å²) in [7, 11) is 1.78. The molecule has 1 fully saturated rings. The van der Waals surface area contributed by atoms with Gasteiger partial charge in [0.15, 0.2) is 0 Å². The van der Waals surface area contributed by atoms with Crippen LogP contribution in [0.25, 0.3) is 0 Å². The molecule has 1 aromatic carbocycles. The molecule has 2 heteroatoms. The molecule has 0 aliphatic carbocycles. The van der Waals surface area contributed by atoms with Crippen LogP contribution in [0.2, 0.25) is 0 Å². The molecular weight excluding hydrogens is 222 g/mol. The van der Waals surface area contributed by atoms with Gasteiger partial charge < -0.3 is 10.1 Å². The normalized spacial score (nSPS) is 20.9. The Morgan fingerprint density at radius 2 is 2.22 bits per heavy atom. The van der Waals surface area contributed by atoms with Crippen LogP contribution in [-0.2, 0) is 16.8 Å². The van der Waals surface area contributed by atoms with E-state index in [1.807, 2.05) is 0 Å². The maximum atomic E-state index is 5.56. The highest BCUT2D eigenvalue weighted by atomic mass is 16.5. The first-order valence-corrected chi connectivity index (χ1v) is 6.97. The Balaban J connectivity index is 2.07. The standard InChI is InChI=1S/C16H25NO/c1-16(2,18-3)15-8-4-6-13(11-15)10-14-7-5-9-17-12-14/h4,6,8,11,14,17H,5,7,9-10,12H2,1-3H3. The van der Waals surface area contributed by atoms with Crippen molar-refractivity contribution in [1.29, 1.82) is 0 Å². The van der Waals surface area contributed by atoms with Gasteiger partial charge in [-0.2, -0.15) is 0 Å². The van der Waals surface area contributed by atoms with E-state index in [9.17, 15) is 0 Å². The molecule has 1 unspecified atom stereocenters. The molecule has 1 atom stereocenters. The highest BCUT2D eigenvalue weighted by molar-refractivity contribution is 5.28. The van der Waals surface area contributed by atoms with E-state index in [-0.39, 0.29) is 5.60 Å². The van der Waals surface area contributed by atoms with Crippen molar-refractivity contribution in [2.75, 3.05) is 20.2 Å². The molecule has 1 heterocycles. The van der Waals surface area contributed by atoms with Crippen molar-refractivity contribution in [3.8, 4) is 0 Å². The monoisotopic (exact) mass is 247 g/mol. The second-order valence-corrected chi connectivity index (χ2v) is 5.83. The Morgan fingerprint density at radius 1 is 1.39 bits per heavy atom. The van der Waals surface area contributed by atoms with Crippen molar-refractivity contribution in [1.82, 2.24) is 5.32 Å². The van der Waals surface area contributed by atoms with E-state index in [1.54, 1.807) is 7.11 Å². The van der Waals surface area contributed by atoms with Crippen molar-refractivity contribution in [2.24, 2.45) is 5.92 Å². The Morgan fingerprint density at radius 3 is 2.89 bits per heavy atom. The molecule has 1 aliphatic heterocycles. The van der Waals surface area contributed by atoms with Crippen molar-refractivity contribution < 1.29 is 4.74 Å². The van der Waals surface area contributed by atoms with Gasteiger partial charge in [0.25, 0.3) is 0 Å². The molecule has 0 spiro atoms. The molecule has 0 amide bonds. The number of piperidine rings is 1. The van der Waals surface area contributed by atoms with E-state index in [4.69, 9.17) is 4.74 Å². The predicted molar refractivity (Wildman–Crippen MR) is 75.8 cm³/mol. The third-order valence-electron chi connectivity index (χ3n) is 4.06. The molecular formula is C16H25NO. The van der Waals surface area contributed by atoms with Gasteiger partial charge in [0.05, 0.1) is 5.60 Å². The summed E-state index contributed by atoms with van der Waals surface area (Å²) < 4.78 is 5.56. The highest BCUT2D eigenvalue weighted by Gasteiger charge is 2.20. The Kier molecular flexibility index (Phi) is 4.41. The summed E-state index contributed by atoms with van der Waals surface area (Å²) in [5.74, 6) is 0.791. The zero-order chi connectivity index (χ0) is 13.0. The van der Waals surface area contributed by atoms with Gasteiger partial charge in [-0.15, -0.1) is 0 Å². The van der Waals surface area contributed by atoms with Crippen LogP contribution in [0.15, 0.2) is 24.3 Å². The quantitative estimate of drug-likeness (QED) is 0.882. The van der Waals surface area contributed by atoms with Crippen molar-refractivity contribution in [3.63, 3.8) is 0 Å². The van der Waals surface area contributed by atoms with Crippen molar-refractivity contribution in [3.05, 3.63) is 35.4 Å². The maximum absolute atomic E-state index is 5.56. The molecule has 0 saturated carbocycles. The van der Waals surface area contributed by atoms with Gasteiger partial charge in [0, 0.05) is 7.11 Å². The number of hydrogen-bond donors (Lipinski definition) is 1. The van der Waals surface area contributed by atoms with Crippen LogP contribution in [0.5, 0.6) is 0 Å². The number of methoxy groups -OCH3 is 1. The fourth-order valence-corrected chi connectivity index (χ4v) is 2.62. The number of rotatable bonds is 4. The Labute approximate surface area is 111 Å². The first-order valence-electron chi connectivity index (χ1n) is 6.97. The average molecular weight is 247 g/mol. The lowest BCUT2D eigenvalue weighted by Crippen LogP contribution is -2.30. The van der Waals surface area contributed by atoms with Gasteiger partial charge in [-0.05, 0) is 63.2 Å². The summed E-state index contributed by atoms with van der Waals surface area (Å²) in [6, 6.07) is 8.86. The lowest BCUT2D eigenvalue weighted by molar-refractivity contribution is 0.0191. The minimum atomic E-state index is -0.194. The fourth-order valence-electron chi connectivity index (χ4n) is 2.62. The van der Waals surface area contributed by atoms with Crippen LogP contribution >= 0.6 is 0 Å². The molecule has 100 valence electrons. The largest absolute Gasteiger partial charge is 0.374 e. The van der Waals surface area contributed by atoms with E-state index in [1.165, 1.54) is 36.9 Å². The minimum Gasteiger partial charge on any atom is -0.374 e. The summed E-state index contributed by atoms with van der Waals surface area (Å²) in [5, 5.41) is 3.49. The second-order valence-electron chi connectivity index (χ2n) is 5.83. The van der Waals surface area contributed by atoms with Crippen LogP contribution in [0.4, 0.5) is 0 Å². The minimum absolute atomic E-state index is 0.194. The molecule has 2 rings (SSSR count). The lowest BCUT2D eigenvalue weighted by Gasteiger charge is -2.26. The second kappa shape index (κ2) is 5.85. The summed E-state index contributed by atoms with van der Waals surface area (Å²) in [5.41, 5.74) is 2.51. The van der Waals surface area contributed by atoms with E-state index < -0.39 is 0 Å². The first kappa shape index (κ1) is 13.6. The molecule has 2 nitrogen and oxygen atoms in total. The molecule has 1 N–H and O–H groups in total. The van der Waals surface area contributed by atoms with E-state index in [2.05, 4.69) is 43.4 Å². The van der Waals surface area contributed by atoms with Gasteiger partial charge in [-0.1, -0.05) is 24.3 Å². The summed E-state index contributed by atoms with van der Waals surface area (Å²) in [6.07, 6.45) is 3.85. The molecule has 0 radical (unpaired) electrons. The van der Waals surface area contributed by atoms with Crippen LogP contribution < -0.4 is 5.32 Å². The summed E-state index contributed by atoms with van der Waals surface area (Å²) >= 11 is 0. The Bertz CT molecular complexity index is 380. The number of ether oxygens (including phenoxy) is 1. The first-order chi connectivity index (χ1) is 8.62. The van der Waals surface area contributed by atoms with E-state index >= 15 is 0 Å². The highest BCUT2D eigenvalue weighted by Crippen LogP contribution is 2.25. The molecule has 0 bridgehead atoms. The van der Waals surface area contributed by atoms with Crippen LogP contribution in [-0.4, -0.2) is 20.2 Å². The number of hydrogen-bond acceptors (Lipinski definition) is 2. The van der Waals surface area contributed by atoms with Crippen molar-refractivity contribution >= 4 is 0 Å². The van der Waals surface area contributed by atoms with Crippen LogP contribution in [0.1, 0.15) is 37.8 Å². The zero-order valence-corrected chi connectivity index (χ0v) is 11.8. The van der Waals surface area contributed by atoms with E-state index in [0.29, 0.717) is 0 Å². The van der Waals surface area contributed by atoms with Gasteiger partial charge in [-0.3, -0.25) is 0 Å². The topological polar surface area (TPSA) is 21.3 Å². The summed E-state index contributed by atoms with van der Waals surface area (Å²) in [4.78, 5) is 0. The zero-order valence-electron chi connectivity index (χ0n) is 11.8. The fraction of sp³-hybridized carbons (Fsp3) is 0.625. The van der Waals surface area contributed by atoms with Crippen molar-refractivity contribution in [2.45, 2.75) is 38.7 Å². The molecule has 1 aliphatic rings. The van der Waals surface area contributed by atoms with Crippen LogP contribution in [0, 0.1) is 5.92 Å². The van der Waals surface area contributed by atoms with Gasteiger partial charge >= 0.3 is 0 Å².